The van der Waals surface area contributed by atoms with Crippen LogP contribution in [0.3, 0.4) is 0 Å². The number of alkyl halides is 16. The second-order valence-electron chi connectivity index (χ2n) is 12.3. The number of hydrogen-bond acceptors (Lipinski definition) is 8. The summed E-state index contributed by atoms with van der Waals surface area (Å²) in [4.78, 5) is 50.9. The van der Waals surface area contributed by atoms with Gasteiger partial charge in [-0.25, -0.2) is 0 Å². The summed E-state index contributed by atoms with van der Waals surface area (Å²) in [6.07, 6.45) is -22.1. The van der Waals surface area contributed by atoms with Gasteiger partial charge in [-0.2, -0.15) is 65.9 Å². The lowest BCUT2D eigenvalue weighted by molar-refractivity contribution is -0.184. The predicted octanol–water partition coefficient (Wildman–Crippen LogP) is 8.02. The van der Waals surface area contributed by atoms with Gasteiger partial charge in [0.25, 0.3) is 0 Å². The molecule has 0 spiro atoms. The Kier molecular flexibility index (Phi) is 29.6. The number of nitrogens with two attached hydrogens (primary N) is 1. The van der Waals surface area contributed by atoms with E-state index < -0.39 is 119 Å². The summed E-state index contributed by atoms with van der Waals surface area (Å²) < 4.78 is 178. The second-order valence-corrected chi connectivity index (χ2v) is 13.3. The molecule has 9 unspecified atom stereocenters. The van der Waals surface area contributed by atoms with Gasteiger partial charge in [-0.1, -0.05) is 50.5 Å². The molecule has 9 atom stereocenters. The Hall–Kier alpha value is -2.54. The van der Waals surface area contributed by atoms with Gasteiger partial charge in [-0.15, -0.1) is 0 Å². The molecular formula is C31H49BrF15N3O6. The molecule has 56 heavy (non-hydrogen) atoms. The average molecular weight is 925 g/mol. The summed E-state index contributed by atoms with van der Waals surface area (Å²) in [6, 6.07) is -4.15. The van der Waals surface area contributed by atoms with E-state index in [2.05, 4.69) is 26.6 Å². The minimum Gasteiger partial charge on any atom is -0.480 e. The Morgan fingerprint density at radius 2 is 0.839 bits per heavy atom. The maximum absolute atomic E-state index is 12.1. The first kappa shape index (κ1) is 62.6. The molecule has 0 amide bonds. The van der Waals surface area contributed by atoms with Crippen LogP contribution in [0.15, 0.2) is 0 Å². The Labute approximate surface area is 322 Å². The number of halogens is 16. The fourth-order valence-electron chi connectivity index (χ4n) is 3.39. The van der Waals surface area contributed by atoms with E-state index in [9.17, 15) is 89.8 Å². The van der Waals surface area contributed by atoms with Crippen molar-refractivity contribution in [2.45, 2.75) is 123 Å². The molecule has 0 rings (SSSR count). The van der Waals surface area contributed by atoms with Gasteiger partial charge >= 0.3 is 36.9 Å². The number of carbonyl (C=O) groups is 5. The van der Waals surface area contributed by atoms with E-state index in [1.54, 1.807) is 0 Å². The number of hydrogen-bond donors (Lipinski definition) is 4. The van der Waals surface area contributed by atoms with Crippen LogP contribution in [0.5, 0.6) is 0 Å². The number of likely N-dealkylation sites (N-methyl/N-ethyl adjacent to an activating group) is 2. The number of carbonyl (C=O) groups excluding carboxylic acids is 4. The highest BCUT2D eigenvalue weighted by Gasteiger charge is 2.45. The van der Waals surface area contributed by atoms with Gasteiger partial charge in [-0.3, -0.25) is 19.2 Å². The molecule has 9 nitrogen and oxygen atoms in total. The fourth-order valence-corrected chi connectivity index (χ4v) is 3.69. The molecule has 0 heterocycles. The summed E-state index contributed by atoms with van der Waals surface area (Å²) in [5.41, 5.74) is 4.98. The number of nitrogens with one attached hydrogen (secondary N) is 2. The zero-order valence-electron chi connectivity index (χ0n) is 32.0. The van der Waals surface area contributed by atoms with Crippen molar-refractivity contribution in [1.82, 2.24) is 10.6 Å². The van der Waals surface area contributed by atoms with E-state index in [-0.39, 0.29) is 0 Å². The number of carboxylic acids is 1. The first-order valence-electron chi connectivity index (χ1n) is 15.8. The third-order valence-electron chi connectivity index (χ3n) is 7.38. The Bertz CT molecular complexity index is 1120. The van der Waals surface area contributed by atoms with Crippen LogP contribution in [0.25, 0.3) is 0 Å². The van der Waals surface area contributed by atoms with Crippen molar-refractivity contribution in [2.75, 3.05) is 14.1 Å². The minimum atomic E-state index is -4.48. The monoisotopic (exact) mass is 923 g/mol. The van der Waals surface area contributed by atoms with Crippen LogP contribution in [0, 0.1) is 29.6 Å². The number of aliphatic carboxylic acids is 1. The minimum absolute atomic E-state index is 0.413. The number of carboxylic acid groups (broad SMARTS) is 1. The highest BCUT2D eigenvalue weighted by molar-refractivity contribution is 9.10. The van der Waals surface area contributed by atoms with Crippen LogP contribution in [-0.4, -0.2) is 102 Å². The molecule has 0 aromatic rings. The SMILES string of the molecule is CC(=O)C(Br)C(C)C(F)(F)F.CC(=O)C(N)C(C)C(F)(F)F.CC(=O)CC(C)C(F)(F)F.CNC(C(=O)O)C(C)C(F)(F)F.CNC(C(C)=O)C(C)C(F)(F)F. The maximum Gasteiger partial charge on any atom is 0.393 e. The van der Waals surface area contributed by atoms with Crippen LogP contribution in [-0.2, 0) is 24.0 Å². The quantitative estimate of drug-likeness (QED) is 0.113. The number of Topliss-reactive ketones (excluding diaryl/α,β-unsaturated/α-hetero) is 4. The van der Waals surface area contributed by atoms with E-state index in [1.807, 2.05) is 0 Å². The van der Waals surface area contributed by atoms with E-state index in [4.69, 9.17) is 10.8 Å². The molecule has 25 heteroatoms. The lowest BCUT2D eigenvalue weighted by Crippen LogP contribution is -2.45. The van der Waals surface area contributed by atoms with Crippen molar-refractivity contribution in [3.63, 3.8) is 0 Å². The van der Waals surface area contributed by atoms with Crippen LogP contribution < -0.4 is 16.4 Å². The van der Waals surface area contributed by atoms with Crippen LogP contribution in [0.4, 0.5) is 65.9 Å². The lowest BCUT2D eigenvalue weighted by atomic mass is 9.98. The maximum atomic E-state index is 12.1. The van der Waals surface area contributed by atoms with Gasteiger partial charge in [0.05, 0.1) is 46.5 Å². The molecule has 0 aromatic heterocycles. The van der Waals surface area contributed by atoms with Crippen molar-refractivity contribution < 1.29 is 94.9 Å². The molecule has 0 saturated carbocycles. The molecule has 0 saturated heterocycles. The highest BCUT2D eigenvalue weighted by atomic mass is 79.9. The average Bonchev–Trinajstić information content (AvgIpc) is 2.98. The first-order valence-corrected chi connectivity index (χ1v) is 16.7. The summed E-state index contributed by atoms with van der Waals surface area (Å²) in [5, 5.41) is 12.8. The van der Waals surface area contributed by atoms with Crippen LogP contribution >= 0.6 is 15.9 Å². The lowest BCUT2D eigenvalue weighted by Gasteiger charge is -2.23. The predicted molar refractivity (Wildman–Crippen MR) is 177 cm³/mol. The zero-order chi connectivity index (χ0) is 46.7. The summed E-state index contributed by atoms with van der Waals surface area (Å²) in [5.74, 6) is -12.0. The number of ketones is 4. The summed E-state index contributed by atoms with van der Waals surface area (Å²) in [6.45, 7) is 9.16. The molecule has 0 aliphatic carbocycles. The van der Waals surface area contributed by atoms with Crippen LogP contribution in [0.2, 0.25) is 0 Å². The first-order chi connectivity index (χ1) is 24.5. The molecule has 0 aliphatic heterocycles. The molecular weight excluding hydrogens is 875 g/mol. The smallest absolute Gasteiger partial charge is 0.393 e. The van der Waals surface area contributed by atoms with E-state index in [0.29, 0.717) is 0 Å². The molecule has 0 fully saturated rings. The third kappa shape index (κ3) is 28.8. The largest absolute Gasteiger partial charge is 0.480 e. The Morgan fingerprint density at radius 3 is 0.929 bits per heavy atom. The van der Waals surface area contributed by atoms with Gasteiger partial charge in [0.15, 0.2) is 0 Å². The standard InChI is InChI=1S/C7H12F3NO.C6H8BrF3O.C6H10F3NO2.C6H10F3NO.C6H9F3O/c1-4(7(8,9)10)6(11-3)5(2)12;1-3(6(8,9)10)5(7)4(2)11;1-3(6(7,8)9)4(10-2)5(11)12;1-3(6(7,8)9)5(10)4(2)11;1-4(3-5(2)10)6(7,8)9/h4,6,11H,1-3H3;3,5H,1-2H3;3-4,10H,1-2H3,(H,11,12);3,5H,10H2,1-2H3;4H,3H2,1-2H3. The highest BCUT2D eigenvalue weighted by Crippen LogP contribution is 2.33. The van der Waals surface area contributed by atoms with E-state index in [1.165, 1.54) is 14.1 Å². The summed E-state index contributed by atoms with van der Waals surface area (Å²) >= 11 is 2.67. The molecule has 0 bridgehead atoms. The molecule has 0 radical (unpaired) electrons. The van der Waals surface area contributed by atoms with Gasteiger partial charge in [0.2, 0.25) is 0 Å². The fraction of sp³-hybridized carbons (Fsp3) is 0.839. The Morgan fingerprint density at radius 1 is 0.536 bits per heavy atom. The second kappa shape index (κ2) is 26.5. The summed E-state index contributed by atoms with van der Waals surface area (Å²) in [7, 11) is 2.52. The van der Waals surface area contributed by atoms with Crippen molar-refractivity contribution >= 4 is 45.0 Å². The van der Waals surface area contributed by atoms with Crippen molar-refractivity contribution in [3.05, 3.63) is 0 Å². The van der Waals surface area contributed by atoms with Gasteiger partial charge < -0.3 is 26.3 Å². The molecule has 0 aliphatic rings. The topological polar surface area (TPSA) is 156 Å². The Balaban J connectivity index is -0.000000194. The zero-order valence-corrected chi connectivity index (χ0v) is 33.6. The van der Waals surface area contributed by atoms with Gasteiger partial charge in [0.1, 0.15) is 29.2 Å². The third-order valence-corrected chi connectivity index (χ3v) is 8.82. The van der Waals surface area contributed by atoms with Crippen LogP contribution in [0.1, 0.15) is 68.7 Å². The molecule has 0 aromatic carbocycles. The normalized spacial score (nSPS) is 16.9. The molecule has 5 N–H and O–H groups in total. The van der Waals surface area contributed by atoms with E-state index >= 15 is 0 Å². The van der Waals surface area contributed by atoms with Crippen molar-refractivity contribution in [3.8, 4) is 0 Å². The van der Waals surface area contributed by atoms with Crippen molar-refractivity contribution in [1.29, 1.82) is 0 Å². The van der Waals surface area contributed by atoms with Gasteiger partial charge in [-0.05, 0) is 41.8 Å². The number of rotatable bonds is 12. The van der Waals surface area contributed by atoms with Crippen molar-refractivity contribution in [2.24, 2.45) is 35.3 Å². The van der Waals surface area contributed by atoms with Gasteiger partial charge in [0, 0.05) is 6.42 Å². The van der Waals surface area contributed by atoms with E-state index in [0.717, 1.165) is 62.3 Å². The molecule has 336 valence electrons.